The van der Waals surface area contributed by atoms with Gasteiger partial charge in [0.05, 0.1) is 20.5 Å². The van der Waals surface area contributed by atoms with Crippen LogP contribution >= 0.6 is 0 Å². The summed E-state index contributed by atoms with van der Waals surface area (Å²) in [5, 5.41) is 16.7. The molecule has 0 saturated heterocycles. The third-order valence-corrected chi connectivity index (χ3v) is 3.38. The molecule has 0 N–H and O–H groups in total. The van der Waals surface area contributed by atoms with Crippen molar-refractivity contribution in [2.45, 2.75) is 6.17 Å². The van der Waals surface area contributed by atoms with E-state index in [1.165, 1.54) is 0 Å². The Morgan fingerprint density at radius 3 is 2.54 bits per heavy atom. The van der Waals surface area contributed by atoms with Gasteiger partial charge in [0.2, 0.25) is 6.17 Å². The number of nitrogens with zero attached hydrogens (tertiary/aromatic N) is 5. The van der Waals surface area contributed by atoms with E-state index in [1.807, 2.05) is 6.07 Å². The molecule has 132 valence electrons. The molecule has 3 rings (SSSR count). The van der Waals surface area contributed by atoms with Gasteiger partial charge < -0.3 is 13.9 Å². The van der Waals surface area contributed by atoms with Crippen LogP contribution in [0.3, 0.4) is 0 Å². The van der Waals surface area contributed by atoms with Crippen molar-refractivity contribution in [3.05, 3.63) is 66.8 Å². The van der Waals surface area contributed by atoms with Crippen molar-refractivity contribution in [1.29, 1.82) is 0 Å². The third-order valence-electron chi connectivity index (χ3n) is 3.38. The Morgan fingerprint density at radius 2 is 1.85 bits per heavy atom. The highest BCUT2D eigenvalue weighted by atomic mass is 16.5. The average Bonchev–Trinajstić information content (AvgIpc) is 3.23. The van der Waals surface area contributed by atoms with Crippen molar-refractivity contribution >= 4 is 11.5 Å². The molecule has 1 unspecified atom stereocenters. The Labute approximate surface area is 150 Å². The largest absolute Gasteiger partial charge is 0.497 e. The summed E-state index contributed by atoms with van der Waals surface area (Å²) in [5.41, 5.74) is 0.540. The van der Waals surface area contributed by atoms with E-state index in [9.17, 15) is 0 Å². The molecule has 8 heteroatoms. The molecule has 0 aliphatic carbocycles. The smallest absolute Gasteiger partial charge is 0.238 e. The lowest BCUT2D eigenvalue weighted by atomic mass is 10.3. The number of rotatable bonds is 7. The highest BCUT2D eigenvalue weighted by Gasteiger charge is 2.13. The molecule has 0 aliphatic rings. The molecule has 0 radical (unpaired) electrons. The van der Waals surface area contributed by atoms with Crippen molar-refractivity contribution in [1.82, 2.24) is 4.98 Å². The van der Waals surface area contributed by atoms with E-state index in [-0.39, 0.29) is 0 Å². The van der Waals surface area contributed by atoms with E-state index in [0.29, 0.717) is 28.8 Å². The van der Waals surface area contributed by atoms with E-state index < -0.39 is 6.17 Å². The van der Waals surface area contributed by atoms with E-state index in [2.05, 4.69) is 25.4 Å². The van der Waals surface area contributed by atoms with Crippen LogP contribution in [0.15, 0.2) is 85.9 Å². The molecular weight excluding hydrogens is 334 g/mol. The van der Waals surface area contributed by atoms with Gasteiger partial charge in [0, 0.05) is 12.3 Å². The molecular formula is C18H17N5O3. The first-order valence-electron chi connectivity index (χ1n) is 7.78. The van der Waals surface area contributed by atoms with E-state index >= 15 is 0 Å². The van der Waals surface area contributed by atoms with Crippen molar-refractivity contribution in [3.8, 4) is 11.5 Å². The summed E-state index contributed by atoms with van der Waals surface area (Å²) in [4.78, 5) is 4.10. The topological polar surface area (TPSA) is 93.9 Å². The maximum absolute atomic E-state index is 5.39. The molecule has 2 heterocycles. The quantitative estimate of drug-likeness (QED) is 0.543. The number of ether oxygens (including phenoxy) is 2. The van der Waals surface area contributed by atoms with Crippen molar-refractivity contribution in [3.63, 3.8) is 0 Å². The lowest BCUT2D eigenvalue weighted by Crippen LogP contribution is -1.89. The summed E-state index contributed by atoms with van der Waals surface area (Å²) in [7, 11) is 3.14. The van der Waals surface area contributed by atoms with Crippen LogP contribution in [0.4, 0.5) is 11.5 Å². The number of azo groups is 2. The Morgan fingerprint density at radius 1 is 0.962 bits per heavy atom. The molecule has 0 spiro atoms. The van der Waals surface area contributed by atoms with Crippen LogP contribution < -0.4 is 9.47 Å². The number of benzene rings is 1. The fourth-order valence-corrected chi connectivity index (χ4v) is 2.09. The van der Waals surface area contributed by atoms with Gasteiger partial charge in [0.25, 0.3) is 0 Å². The minimum Gasteiger partial charge on any atom is -0.497 e. The van der Waals surface area contributed by atoms with Crippen LogP contribution in [-0.2, 0) is 0 Å². The van der Waals surface area contributed by atoms with Gasteiger partial charge in [0.15, 0.2) is 11.6 Å². The lowest BCUT2D eigenvalue weighted by Gasteiger charge is -2.07. The van der Waals surface area contributed by atoms with Gasteiger partial charge in [-0.05, 0) is 36.4 Å². The summed E-state index contributed by atoms with van der Waals surface area (Å²) in [6.07, 6.45) is 2.45. The third kappa shape index (κ3) is 4.29. The summed E-state index contributed by atoms with van der Waals surface area (Å²) in [6.45, 7) is 0. The van der Waals surface area contributed by atoms with Gasteiger partial charge in [-0.1, -0.05) is 6.07 Å². The van der Waals surface area contributed by atoms with Crippen molar-refractivity contribution in [2.75, 3.05) is 14.2 Å². The summed E-state index contributed by atoms with van der Waals surface area (Å²) in [6, 6.07) is 14.1. The first-order valence-corrected chi connectivity index (χ1v) is 7.78. The number of methoxy groups -OCH3 is 2. The Balaban J connectivity index is 1.86. The molecule has 2 aromatic heterocycles. The zero-order chi connectivity index (χ0) is 18.2. The van der Waals surface area contributed by atoms with E-state index in [4.69, 9.17) is 13.9 Å². The lowest BCUT2D eigenvalue weighted by molar-refractivity contribution is 0.394. The minimum atomic E-state index is -0.737. The number of pyridine rings is 1. The van der Waals surface area contributed by atoms with Crippen LogP contribution in [-0.4, -0.2) is 19.2 Å². The zero-order valence-corrected chi connectivity index (χ0v) is 14.3. The molecule has 0 fully saturated rings. The Kier molecular flexibility index (Phi) is 5.66. The SMILES string of the molecule is COc1ccc(N=NC(N=Nc2ccccn2)c2ccco2)c(OC)c1. The standard InChI is InChI=1S/C18H17N5O3/c1-24-13-8-9-14(16(12-13)25-2)20-22-18(15-6-5-11-26-15)23-21-17-7-3-4-10-19-17/h3-12,18H,1-2H3. The van der Waals surface area contributed by atoms with Gasteiger partial charge in [0.1, 0.15) is 17.2 Å². The molecule has 0 saturated carbocycles. The maximum atomic E-state index is 5.39. The fraction of sp³-hybridized carbons (Fsp3) is 0.167. The van der Waals surface area contributed by atoms with E-state index in [0.717, 1.165) is 0 Å². The van der Waals surface area contributed by atoms with Crippen LogP contribution in [0.1, 0.15) is 11.9 Å². The van der Waals surface area contributed by atoms with Crippen molar-refractivity contribution in [2.24, 2.45) is 20.5 Å². The predicted octanol–water partition coefficient (Wildman–Crippen LogP) is 5.26. The summed E-state index contributed by atoms with van der Waals surface area (Å²) >= 11 is 0. The highest BCUT2D eigenvalue weighted by Crippen LogP contribution is 2.33. The average molecular weight is 351 g/mol. The highest BCUT2D eigenvalue weighted by molar-refractivity contribution is 5.54. The van der Waals surface area contributed by atoms with Gasteiger partial charge >= 0.3 is 0 Å². The van der Waals surface area contributed by atoms with Gasteiger partial charge in [-0.2, -0.15) is 5.11 Å². The Hall–Kier alpha value is -3.55. The summed E-state index contributed by atoms with van der Waals surface area (Å²) < 4.78 is 15.9. The normalized spacial score (nSPS) is 12.5. The molecule has 0 amide bonds. The van der Waals surface area contributed by atoms with Crippen LogP contribution in [0.25, 0.3) is 0 Å². The van der Waals surface area contributed by atoms with Crippen LogP contribution in [0.5, 0.6) is 11.5 Å². The molecule has 1 aromatic carbocycles. The molecule has 0 bridgehead atoms. The number of aromatic nitrogens is 1. The molecule has 0 aliphatic heterocycles. The number of hydrogen-bond acceptors (Lipinski definition) is 8. The minimum absolute atomic E-state index is 0.473. The van der Waals surface area contributed by atoms with Gasteiger partial charge in [-0.3, -0.25) is 0 Å². The van der Waals surface area contributed by atoms with E-state index in [1.54, 1.807) is 69.1 Å². The first-order chi connectivity index (χ1) is 12.8. The second-order valence-corrected chi connectivity index (χ2v) is 5.05. The summed E-state index contributed by atoms with van der Waals surface area (Å²) in [5.74, 6) is 2.19. The van der Waals surface area contributed by atoms with Crippen LogP contribution in [0, 0.1) is 0 Å². The first kappa shape index (κ1) is 17.3. The second-order valence-electron chi connectivity index (χ2n) is 5.05. The molecule has 1 atom stereocenters. The fourth-order valence-electron chi connectivity index (χ4n) is 2.09. The predicted molar refractivity (Wildman–Crippen MR) is 94.3 cm³/mol. The second kappa shape index (κ2) is 8.52. The Bertz CT molecular complexity index is 879. The zero-order valence-electron chi connectivity index (χ0n) is 14.3. The van der Waals surface area contributed by atoms with Crippen molar-refractivity contribution < 1.29 is 13.9 Å². The number of furan rings is 1. The number of hydrogen-bond donors (Lipinski definition) is 0. The monoisotopic (exact) mass is 351 g/mol. The van der Waals surface area contributed by atoms with Crippen LogP contribution in [0.2, 0.25) is 0 Å². The molecule has 26 heavy (non-hydrogen) atoms. The molecule has 8 nitrogen and oxygen atoms in total. The van der Waals surface area contributed by atoms with Gasteiger partial charge in [-0.25, -0.2) is 4.98 Å². The molecule has 3 aromatic rings. The maximum Gasteiger partial charge on any atom is 0.238 e. The van der Waals surface area contributed by atoms with Gasteiger partial charge in [-0.15, -0.1) is 15.3 Å².